The van der Waals surface area contributed by atoms with Crippen molar-refractivity contribution >= 4 is 16.9 Å². The van der Waals surface area contributed by atoms with Crippen LogP contribution in [0.25, 0.3) is 0 Å². The van der Waals surface area contributed by atoms with E-state index in [4.69, 9.17) is 15.7 Å². The number of rotatable bonds is 5. The molecule has 0 unspecified atom stereocenters. The molecule has 1 atom stereocenters. The van der Waals surface area contributed by atoms with E-state index in [1.54, 1.807) is 19.2 Å². The van der Waals surface area contributed by atoms with Gasteiger partial charge in [-0.15, -0.1) is 0 Å². The van der Waals surface area contributed by atoms with Gasteiger partial charge in [-0.1, -0.05) is 23.9 Å². The zero-order chi connectivity index (χ0) is 13.4. The maximum atomic E-state index is 8.69. The SMILES string of the molecule is COC[C@@H](C)N=C(N)SCc1ccc(C#N)cc1. The van der Waals surface area contributed by atoms with E-state index in [2.05, 4.69) is 11.1 Å². The average molecular weight is 263 g/mol. The Balaban J connectivity index is 2.46. The zero-order valence-corrected chi connectivity index (χ0v) is 11.4. The lowest BCUT2D eigenvalue weighted by Gasteiger charge is -2.06. The third-order valence-corrected chi connectivity index (χ3v) is 3.10. The Morgan fingerprint density at radius 2 is 2.17 bits per heavy atom. The van der Waals surface area contributed by atoms with Crippen LogP contribution < -0.4 is 5.73 Å². The largest absolute Gasteiger partial charge is 0.382 e. The predicted octanol–water partition coefficient (Wildman–Crippen LogP) is 2.14. The van der Waals surface area contributed by atoms with Crippen LogP contribution >= 0.6 is 11.8 Å². The Hall–Kier alpha value is -1.51. The topological polar surface area (TPSA) is 71.4 Å². The lowest BCUT2D eigenvalue weighted by Crippen LogP contribution is -2.15. The molecule has 5 heteroatoms. The second kappa shape index (κ2) is 7.75. The predicted molar refractivity (Wildman–Crippen MR) is 75.4 cm³/mol. The van der Waals surface area contributed by atoms with Crippen molar-refractivity contribution < 1.29 is 4.74 Å². The van der Waals surface area contributed by atoms with Crippen molar-refractivity contribution in [3.05, 3.63) is 35.4 Å². The number of nitrogens with zero attached hydrogens (tertiary/aromatic N) is 2. The van der Waals surface area contributed by atoms with Gasteiger partial charge in [0.05, 0.1) is 24.3 Å². The Morgan fingerprint density at radius 3 is 2.72 bits per heavy atom. The summed E-state index contributed by atoms with van der Waals surface area (Å²) < 4.78 is 4.99. The Labute approximate surface area is 112 Å². The minimum absolute atomic E-state index is 0.0727. The van der Waals surface area contributed by atoms with Crippen molar-refractivity contribution in [3.63, 3.8) is 0 Å². The molecule has 2 N–H and O–H groups in total. The molecule has 0 fully saturated rings. The van der Waals surface area contributed by atoms with Crippen LogP contribution in [0.1, 0.15) is 18.1 Å². The van der Waals surface area contributed by atoms with Crippen LogP contribution in [-0.4, -0.2) is 24.9 Å². The first-order valence-electron chi connectivity index (χ1n) is 5.59. The summed E-state index contributed by atoms with van der Waals surface area (Å²) in [5.74, 6) is 0.751. The molecule has 1 aromatic carbocycles. The molecule has 0 aromatic heterocycles. The molecular weight excluding hydrogens is 246 g/mol. The van der Waals surface area contributed by atoms with E-state index >= 15 is 0 Å². The molecule has 0 radical (unpaired) electrons. The lowest BCUT2D eigenvalue weighted by atomic mass is 10.2. The quantitative estimate of drug-likeness (QED) is 0.652. The molecule has 18 heavy (non-hydrogen) atoms. The highest BCUT2D eigenvalue weighted by atomic mass is 32.2. The van der Waals surface area contributed by atoms with Crippen molar-refractivity contribution in [3.8, 4) is 6.07 Å². The van der Waals surface area contributed by atoms with Crippen LogP contribution in [0.2, 0.25) is 0 Å². The summed E-state index contributed by atoms with van der Waals surface area (Å²) in [5.41, 5.74) is 7.60. The summed E-state index contributed by atoms with van der Waals surface area (Å²) >= 11 is 1.49. The Morgan fingerprint density at radius 1 is 1.50 bits per heavy atom. The summed E-state index contributed by atoms with van der Waals surface area (Å²) in [6, 6.07) is 9.62. The number of nitriles is 1. The van der Waals surface area contributed by atoms with Crippen molar-refractivity contribution in [2.24, 2.45) is 10.7 Å². The number of hydrogen-bond donors (Lipinski definition) is 1. The summed E-state index contributed by atoms with van der Waals surface area (Å²) in [4.78, 5) is 4.30. The number of hydrogen-bond acceptors (Lipinski definition) is 4. The highest BCUT2D eigenvalue weighted by molar-refractivity contribution is 8.13. The number of benzene rings is 1. The smallest absolute Gasteiger partial charge is 0.154 e. The van der Waals surface area contributed by atoms with Crippen LogP contribution in [0.3, 0.4) is 0 Å². The van der Waals surface area contributed by atoms with Crippen molar-refractivity contribution in [1.29, 1.82) is 5.26 Å². The normalized spacial score (nSPS) is 13.1. The lowest BCUT2D eigenvalue weighted by molar-refractivity contribution is 0.186. The highest BCUT2D eigenvalue weighted by Gasteiger charge is 2.01. The van der Waals surface area contributed by atoms with Gasteiger partial charge in [-0.2, -0.15) is 5.26 Å². The van der Waals surface area contributed by atoms with Gasteiger partial charge in [-0.25, -0.2) is 0 Å². The minimum atomic E-state index is 0.0727. The number of thioether (sulfide) groups is 1. The molecular formula is C13H17N3OS. The van der Waals surface area contributed by atoms with E-state index in [0.717, 1.165) is 11.3 Å². The van der Waals surface area contributed by atoms with Gasteiger partial charge >= 0.3 is 0 Å². The molecule has 0 saturated heterocycles. The summed E-state index contributed by atoms with van der Waals surface area (Å²) in [5, 5.41) is 9.25. The number of amidine groups is 1. The second-order valence-electron chi connectivity index (χ2n) is 3.87. The summed E-state index contributed by atoms with van der Waals surface area (Å²) in [6.07, 6.45) is 0. The van der Waals surface area contributed by atoms with Crippen LogP contribution in [0.15, 0.2) is 29.3 Å². The number of methoxy groups -OCH3 is 1. The first-order chi connectivity index (χ1) is 8.65. The molecule has 0 heterocycles. The number of nitrogens with two attached hydrogens (primary N) is 1. The van der Waals surface area contributed by atoms with Crippen LogP contribution in [0.4, 0.5) is 0 Å². The molecule has 0 aliphatic heterocycles. The number of ether oxygens (including phenoxy) is 1. The van der Waals surface area contributed by atoms with Gasteiger partial charge in [0.2, 0.25) is 0 Å². The van der Waals surface area contributed by atoms with Crippen LogP contribution in [0.5, 0.6) is 0 Å². The molecule has 0 saturated carbocycles. The third kappa shape index (κ3) is 5.21. The molecule has 0 aliphatic carbocycles. The first kappa shape index (κ1) is 14.6. The van der Waals surface area contributed by atoms with E-state index < -0.39 is 0 Å². The van der Waals surface area contributed by atoms with Gasteiger partial charge in [0, 0.05) is 12.9 Å². The molecule has 1 aromatic rings. The number of aliphatic imine (C=N–C) groups is 1. The van der Waals surface area contributed by atoms with Gasteiger partial charge in [-0.3, -0.25) is 4.99 Å². The van der Waals surface area contributed by atoms with Crippen molar-refractivity contribution in [2.45, 2.75) is 18.7 Å². The summed E-state index contributed by atoms with van der Waals surface area (Å²) in [7, 11) is 1.64. The average Bonchev–Trinajstić information content (AvgIpc) is 2.37. The third-order valence-electron chi connectivity index (χ3n) is 2.23. The monoisotopic (exact) mass is 263 g/mol. The van der Waals surface area contributed by atoms with E-state index in [-0.39, 0.29) is 6.04 Å². The molecule has 0 amide bonds. The van der Waals surface area contributed by atoms with Crippen LogP contribution in [0, 0.1) is 11.3 Å². The van der Waals surface area contributed by atoms with Gasteiger partial charge in [0.1, 0.15) is 0 Å². The fourth-order valence-electron chi connectivity index (χ4n) is 1.37. The zero-order valence-electron chi connectivity index (χ0n) is 10.6. The standard InChI is InChI=1S/C13H17N3OS/c1-10(8-17-2)16-13(15)18-9-12-5-3-11(7-14)4-6-12/h3-6,10H,8-9H2,1-2H3,(H2,15,16)/t10-/m1/s1. The minimum Gasteiger partial charge on any atom is -0.382 e. The van der Waals surface area contributed by atoms with Gasteiger partial charge in [0.25, 0.3) is 0 Å². The Kier molecular flexibility index (Phi) is 6.26. The first-order valence-corrected chi connectivity index (χ1v) is 6.58. The van der Waals surface area contributed by atoms with Crippen molar-refractivity contribution in [1.82, 2.24) is 0 Å². The molecule has 0 spiro atoms. The highest BCUT2D eigenvalue weighted by Crippen LogP contribution is 2.13. The van der Waals surface area contributed by atoms with E-state index in [0.29, 0.717) is 17.3 Å². The van der Waals surface area contributed by atoms with E-state index in [1.165, 1.54) is 11.8 Å². The second-order valence-corrected chi connectivity index (χ2v) is 4.86. The van der Waals surface area contributed by atoms with Crippen molar-refractivity contribution in [2.75, 3.05) is 13.7 Å². The fourth-order valence-corrected chi connectivity index (χ4v) is 2.13. The van der Waals surface area contributed by atoms with Gasteiger partial charge in [0.15, 0.2) is 5.17 Å². The molecule has 0 bridgehead atoms. The van der Waals surface area contributed by atoms with Gasteiger partial charge in [-0.05, 0) is 24.6 Å². The fraction of sp³-hybridized carbons (Fsp3) is 0.385. The molecule has 4 nitrogen and oxygen atoms in total. The molecule has 96 valence electrons. The maximum Gasteiger partial charge on any atom is 0.154 e. The van der Waals surface area contributed by atoms with Crippen LogP contribution in [-0.2, 0) is 10.5 Å². The van der Waals surface area contributed by atoms with E-state index in [1.807, 2.05) is 19.1 Å². The van der Waals surface area contributed by atoms with Gasteiger partial charge < -0.3 is 10.5 Å². The maximum absolute atomic E-state index is 8.69. The van der Waals surface area contributed by atoms with E-state index in [9.17, 15) is 0 Å². The summed E-state index contributed by atoms with van der Waals surface area (Å²) in [6.45, 7) is 2.52. The molecule has 0 aliphatic rings. The molecule has 1 rings (SSSR count). The Bertz CT molecular complexity index is 437.